The quantitative estimate of drug-likeness (QED) is 0.0347. The molecule has 366 valence electrons. The van der Waals surface area contributed by atoms with Gasteiger partial charge in [-0.25, -0.2) is 87.8 Å². The molecule has 0 fully saturated rings. The molecule has 0 spiro atoms. The molecule has 23 heteroatoms. The summed E-state index contributed by atoms with van der Waals surface area (Å²) < 4.78 is 294. The highest BCUT2D eigenvalue weighted by Crippen LogP contribution is 2.32. The van der Waals surface area contributed by atoms with Gasteiger partial charge in [-0.05, 0) is 71.8 Å². The summed E-state index contributed by atoms with van der Waals surface area (Å²) in [5.74, 6) is -71.4. The second kappa shape index (κ2) is 20.5. The van der Waals surface area contributed by atoms with Crippen molar-refractivity contribution >= 4 is 51.5 Å². The smallest absolute Gasteiger partial charge is 0.200 e. The van der Waals surface area contributed by atoms with Crippen molar-refractivity contribution in [2.24, 2.45) is 0 Å². The van der Waals surface area contributed by atoms with Gasteiger partial charge in [-0.3, -0.25) is 0 Å². The van der Waals surface area contributed by atoms with Crippen LogP contribution in [-0.4, -0.2) is 6.15 Å². The van der Waals surface area contributed by atoms with Crippen molar-refractivity contribution < 1.29 is 87.8 Å². The zero-order chi connectivity index (χ0) is 52.0. The minimum Gasteiger partial charge on any atom is -0.207 e. The first-order chi connectivity index (χ1) is 33.6. The van der Waals surface area contributed by atoms with Crippen molar-refractivity contribution in [2.75, 3.05) is 0 Å². The van der Waals surface area contributed by atoms with E-state index in [-0.39, 0.29) is 0 Å². The first-order valence-electron chi connectivity index (χ1n) is 19.5. The van der Waals surface area contributed by atoms with Crippen LogP contribution in [0.15, 0.2) is 129 Å². The van der Waals surface area contributed by atoms with Crippen molar-refractivity contribution in [3.8, 4) is 11.1 Å². The van der Waals surface area contributed by atoms with Gasteiger partial charge in [0.05, 0.1) is 0 Å². The van der Waals surface area contributed by atoms with Crippen LogP contribution in [0.3, 0.4) is 0 Å². The number of benzene rings is 8. The van der Waals surface area contributed by atoms with Crippen molar-refractivity contribution in [3.05, 3.63) is 226 Å². The summed E-state index contributed by atoms with van der Waals surface area (Å²) in [5.41, 5.74) is -11.8. The van der Waals surface area contributed by atoms with Gasteiger partial charge in [0.2, 0.25) is 0 Å². The highest BCUT2D eigenvalue weighted by molar-refractivity contribution is 7.99. The Morgan fingerprint density at radius 2 is 0.465 bits per heavy atom. The normalized spacial score (nSPS) is 11.5. The Morgan fingerprint density at radius 1 is 0.239 bits per heavy atom. The molecule has 8 aromatic rings. The summed E-state index contributed by atoms with van der Waals surface area (Å²) in [7, 11) is 0. The van der Waals surface area contributed by atoms with Crippen molar-refractivity contribution in [2.45, 2.75) is 19.6 Å². The monoisotopic (exact) mass is 1050 g/mol. The largest absolute Gasteiger partial charge is 0.207 e. The van der Waals surface area contributed by atoms with Gasteiger partial charge in [-0.2, -0.15) is 0 Å². The Kier molecular flexibility index (Phi) is 15.0. The van der Waals surface area contributed by atoms with Gasteiger partial charge in [0.15, 0.2) is 79.6 Å². The van der Waals surface area contributed by atoms with Crippen LogP contribution in [-0.2, 0) is 11.8 Å². The van der Waals surface area contributed by atoms with E-state index in [2.05, 4.69) is 109 Å². The Hall–Kier alpha value is -6.88. The fourth-order valence-electron chi connectivity index (χ4n) is 7.60. The molecule has 0 bridgehead atoms. The lowest BCUT2D eigenvalue weighted by Gasteiger charge is -2.44. The molecule has 0 radical (unpaired) electrons. The van der Waals surface area contributed by atoms with E-state index in [0.29, 0.717) is 0 Å². The summed E-state index contributed by atoms with van der Waals surface area (Å²) in [6.07, 6.45) is -7.22. The van der Waals surface area contributed by atoms with E-state index in [0.717, 1.165) is 0 Å². The molecule has 0 nitrogen and oxygen atoms in total. The fraction of sp³-hybridized carbons (Fsp3) is 0. The maximum atomic E-state index is 15.4. The molecule has 0 atom stereocenters. The molecular weight excluding hydrogens is 1030 g/mol. The molecule has 0 saturated heterocycles. The average Bonchev–Trinajstić information content (AvgIpc) is 3.37. The molecule has 0 heterocycles. The van der Waals surface area contributed by atoms with Crippen molar-refractivity contribution in [3.63, 3.8) is 0 Å². The van der Waals surface area contributed by atoms with E-state index >= 15 is 35.1 Å². The minimum absolute atomic E-state index is 1.24. The highest BCUT2D eigenvalue weighted by atomic mass is 32.2. The predicted molar refractivity (Wildman–Crippen MR) is 223 cm³/mol. The van der Waals surface area contributed by atoms with E-state index in [1.54, 1.807) is 11.8 Å². The number of hydrogen-bond donors (Lipinski definition) is 0. The number of thiol groups is 1. The molecule has 0 aliphatic heterocycles. The first-order valence-corrected chi connectivity index (χ1v) is 21.2. The third kappa shape index (κ3) is 9.08. The summed E-state index contributed by atoms with van der Waals surface area (Å²) in [6, 6.07) is 38.7. The number of hydrogen-bond acceptors (Lipinski definition) is 1. The van der Waals surface area contributed by atoms with E-state index in [9.17, 15) is 52.7 Å². The van der Waals surface area contributed by atoms with Crippen LogP contribution < -0.4 is 21.9 Å². The van der Waals surface area contributed by atoms with E-state index in [1.165, 1.54) is 42.5 Å². The van der Waals surface area contributed by atoms with Crippen LogP contribution >= 0.6 is 11.8 Å². The van der Waals surface area contributed by atoms with Gasteiger partial charge < -0.3 is 0 Å². The predicted octanol–water partition coefficient (Wildman–Crippen LogP) is 12.6. The van der Waals surface area contributed by atoms with Crippen LogP contribution in [0.1, 0.15) is 0 Å². The van der Waals surface area contributed by atoms with Crippen molar-refractivity contribution in [1.29, 1.82) is 0 Å². The van der Waals surface area contributed by atoms with Gasteiger partial charge >= 0.3 is 0 Å². The molecule has 0 aliphatic carbocycles. The summed E-state index contributed by atoms with van der Waals surface area (Å²) in [6.45, 7) is 0. The van der Waals surface area contributed by atoms with Crippen LogP contribution in [0.2, 0.25) is 0 Å². The van der Waals surface area contributed by atoms with Gasteiger partial charge in [-0.15, -0.1) is 21.9 Å². The lowest BCUT2D eigenvalue weighted by molar-refractivity contribution is 0.378. The second-order valence-electron chi connectivity index (χ2n) is 14.7. The third-order valence-electron chi connectivity index (χ3n) is 10.8. The molecule has 0 amide bonds. The van der Waals surface area contributed by atoms with Crippen LogP contribution in [0, 0.1) is 116 Å². The number of halogens is 20. The Bertz CT molecular complexity index is 2960. The average molecular weight is 1050 g/mol. The molecule has 0 saturated carbocycles. The fourth-order valence-corrected chi connectivity index (χ4v) is 9.33. The van der Waals surface area contributed by atoms with E-state index in [4.69, 9.17) is 0 Å². The molecule has 0 aliphatic rings. The van der Waals surface area contributed by atoms with Gasteiger partial charge in [0, 0.05) is 21.6 Å². The molecular formula is C48H19BF20S2. The Labute approximate surface area is 394 Å². The summed E-state index contributed by atoms with van der Waals surface area (Å²) in [4.78, 5) is 5.17. The molecule has 0 aromatic heterocycles. The zero-order valence-electron chi connectivity index (χ0n) is 34.4. The highest BCUT2D eigenvalue weighted by Gasteiger charge is 2.52. The first kappa shape index (κ1) is 52.0. The third-order valence-corrected chi connectivity index (χ3v) is 12.9. The lowest BCUT2D eigenvalue weighted by Crippen LogP contribution is -2.81. The molecule has 71 heavy (non-hydrogen) atoms. The van der Waals surface area contributed by atoms with Crippen LogP contribution in [0.5, 0.6) is 0 Å². The minimum atomic E-state index is -7.22. The van der Waals surface area contributed by atoms with Gasteiger partial charge in [0.25, 0.3) is 0 Å². The maximum absolute atomic E-state index is 15.4. The summed E-state index contributed by atoms with van der Waals surface area (Å²) >= 11 is 3.04. The van der Waals surface area contributed by atoms with E-state index in [1.807, 2.05) is 0 Å². The lowest BCUT2D eigenvalue weighted by atomic mass is 9.12. The summed E-state index contributed by atoms with van der Waals surface area (Å²) in [5, 5.41) is 0. The molecule has 0 unspecified atom stereocenters. The zero-order valence-corrected chi connectivity index (χ0v) is 36.1. The Morgan fingerprint density at radius 3 is 0.761 bits per heavy atom. The SMILES string of the molecule is Fc1c(F)c(F)c([B-](c2c(F)c(F)c(F)c(F)c2F)(c2c(F)c(F)c(F)c(F)c2F)c2c(F)c(F)c(F)c(F)c2F)c(F)c1F.c1ccc(Sc2ccc([SH+]c3ccc(-c4ccccc4)cc3)cc2)cc1. The van der Waals surface area contributed by atoms with Crippen LogP contribution in [0.4, 0.5) is 87.8 Å². The maximum Gasteiger partial charge on any atom is 0.200 e. The molecule has 8 rings (SSSR count). The van der Waals surface area contributed by atoms with Gasteiger partial charge in [-0.1, -0.05) is 60.3 Å². The Balaban J connectivity index is 0.000000240. The topological polar surface area (TPSA) is 0 Å². The van der Waals surface area contributed by atoms with Crippen LogP contribution in [0.25, 0.3) is 11.1 Å². The van der Waals surface area contributed by atoms with Crippen molar-refractivity contribution in [1.82, 2.24) is 0 Å². The molecule has 0 N–H and O–H groups in total. The molecule has 8 aromatic carbocycles. The number of rotatable bonds is 9. The van der Waals surface area contributed by atoms with E-state index < -0.39 is 144 Å². The van der Waals surface area contributed by atoms with Gasteiger partial charge in [0.1, 0.15) is 52.7 Å². The standard InChI is InChI=1S/C24BF20.C24H18S2/c26-5-1(6(27)14(35)21(42)13(5)34)25(2-7(28)15(36)22(43)16(37)8(2)29,3-9(30)17(38)23(44)18(39)10(3)31)4-11(32)19(40)24(45)20(41)12(4)33;1-3-7-19(8-4-1)20-11-13-22(14-12-20)26-24-17-15-23(16-18-24)25-21-9-5-2-6-10-21/h;1-18H/q-1;/p+1. The second-order valence-corrected chi connectivity index (χ2v) is 17.1.